The Bertz CT molecular complexity index is 1120. The summed E-state index contributed by atoms with van der Waals surface area (Å²) in [5.41, 5.74) is 6.46. The number of aromatic nitrogens is 2. The minimum absolute atomic E-state index is 1.02. The summed E-state index contributed by atoms with van der Waals surface area (Å²) >= 11 is 0. The van der Waals surface area contributed by atoms with E-state index in [1.54, 1.807) is 0 Å². The summed E-state index contributed by atoms with van der Waals surface area (Å²) in [5, 5.41) is 0. The van der Waals surface area contributed by atoms with Gasteiger partial charge in [0.15, 0.2) is 0 Å². The van der Waals surface area contributed by atoms with Gasteiger partial charge in [-0.25, -0.2) is 4.98 Å². The zero-order valence-corrected chi connectivity index (χ0v) is 20.3. The molecule has 0 spiro atoms. The summed E-state index contributed by atoms with van der Waals surface area (Å²) < 4.78 is 2.06. The first-order valence-electron chi connectivity index (χ1n) is 12.0. The molecule has 3 heteroatoms. The summed E-state index contributed by atoms with van der Waals surface area (Å²) in [5.74, 6) is 1.16. The fraction of sp³-hybridized carbons (Fsp3) is 0.129. The predicted octanol–water partition coefficient (Wildman–Crippen LogP) is 4.35. The second kappa shape index (κ2) is 10.8. The van der Waals surface area contributed by atoms with Gasteiger partial charge < -0.3 is 4.57 Å². The van der Waals surface area contributed by atoms with Gasteiger partial charge in [0, 0.05) is 19.7 Å². The zero-order valence-electron chi connectivity index (χ0n) is 20.3. The second-order valence-electron chi connectivity index (χ2n) is 8.77. The van der Waals surface area contributed by atoms with Crippen LogP contribution in [-0.4, -0.2) is 15.7 Å². The summed E-state index contributed by atoms with van der Waals surface area (Å²) in [4.78, 5) is 4.29. The van der Waals surface area contributed by atoms with E-state index >= 15 is 0 Å². The van der Waals surface area contributed by atoms with Crippen LogP contribution in [-0.2, 0) is 13.5 Å². The Morgan fingerprint density at radius 3 is 1.12 bits per heavy atom. The van der Waals surface area contributed by atoms with E-state index in [4.69, 9.17) is 0 Å². The van der Waals surface area contributed by atoms with Crippen LogP contribution >= 0.6 is 0 Å². The standard InChI is InChI=1S/C24H20B.C7H12N2/c1-5-13-21(14-6-1)25(22-15-7-2-8-16-22,23-17-9-3-10-18-23)24-19-11-4-12-20-24;1-4-7-8-6(2)5-9(7)3/h1-20H;5H,4H2,1-3H3/q-1;. The largest absolute Gasteiger partial charge is 0.338 e. The Labute approximate surface area is 203 Å². The lowest BCUT2D eigenvalue weighted by molar-refractivity contribution is 0.807. The first-order chi connectivity index (χ1) is 16.7. The van der Waals surface area contributed by atoms with Gasteiger partial charge in [-0.2, -0.15) is 21.9 Å². The van der Waals surface area contributed by atoms with Gasteiger partial charge in [-0.05, 0) is 6.92 Å². The van der Waals surface area contributed by atoms with Crippen molar-refractivity contribution in [2.45, 2.75) is 20.3 Å². The van der Waals surface area contributed by atoms with E-state index in [9.17, 15) is 0 Å². The maximum absolute atomic E-state index is 4.29. The van der Waals surface area contributed by atoms with Crippen molar-refractivity contribution in [3.63, 3.8) is 0 Å². The van der Waals surface area contributed by atoms with Crippen LogP contribution in [0.3, 0.4) is 0 Å². The van der Waals surface area contributed by atoms with Crippen molar-refractivity contribution in [1.29, 1.82) is 0 Å². The molecule has 0 aliphatic heterocycles. The Hall–Kier alpha value is -3.85. The first kappa shape index (κ1) is 23.3. The van der Waals surface area contributed by atoms with Crippen LogP contribution in [0.2, 0.25) is 0 Å². The van der Waals surface area contributed by atoms with E-state index in [0.717, 1.165) is 17.9 Å². The molecule has 0 aliphatic rings. The Morgan fingerprint density at radius 1 is 0.588 bits per heavy atom. The molecule has 2 nitrogen and oxygen atoms in total. The van der Waals surface area contributed by atoms with E-state index < -0.39 is 6.15 Å². The summed E-state index contributed by atoms with van der Waals surface area (Å²) in [6.07, 6.45) is 1.84. The molecule has 1 aromatic heterocycles. The maximum Gasteiger partial charge on any atom is 0.108 e. The van der Waals surface area contributed by atoms with E-state index in [-0.39, 0.29) is 0 Å². The number of nitrogens with zero attached hydrogens (tertiary/aromatic N) is 2. The van der Waals surface area contributed by atoms with Crippen LogP contribution in [0.1, 0.15) is 18.4 Å². The van der Waals surface area contributed by atoms with Crippen LogP contribution in [0.4, 0.5) is 0 Å². The van der Waals surface area contributed by atoms with Gasteiger partial charge in [0.05, 0.1) is 5.69 Å². The molecule has 5 aromatic rings. The topological polar surface area (TPSA) is 17.8 Å². The van der Waals surface area contributed by atoms with Gasteiger partial charge in [0.25, 0.3) is 0 Å². The van der Waals surface area contributed by atoms with Crippen molar-refractivity contribution >= 4 is 28.0 Å². The molecule has 5 rings (SSSR count). The van der Waals surface area contributed by atoms with Crippen molar-refractivity contribution in [3.05, 3.63) is 139 Å². The fourth-order valence-electron chi connectivity index (χ4n) is 5.12. The van der Waals surface area contributed by atoms with E-state index in [2.05, 4.69) is 138 Å². The Kier molecular flexibility index (Phi) is 7.44. The van der Waals surface area contributed by atoms with Gasteiger partial charge in [-0.3, -0.25) is 0 Å². The van der Waals surface area contributed by atoms with Crippen molar-refractivity contribution in [1.82, 2.24) is 9.55 Å². The highest BCUT2D eigenvalue weighted by Crippen LogP contribution is 2.09. The molecule has 4 aromatic carbocycles. The lowest BCUT2D eigenvalue weighted by Crippen LogP contribution is -2.74. The molecule has 1 heterocycles. The molecule has 0 amide bonds. The normalized spacial score (nSPS) is 10.9. The highest BCUT2D eigenvalue weighted by molar-refractivity contribution is 7.19. The molecular weight excluding hydrogens is 411 g/mol. The van der Waals surface area contributed by atoms with Crippen molar-refractivity contribution in [2.24, 2.45) is 7.05 Å². The van der Waals surface area contributed by atoms with Gasteiger partial charge in [0.2, 0.25) is 0 Å². The monoisotopic (exact) mass is 443 g/mol. The lowest BCUT2D eigenvalue weighted by Gasteiger charge is -2.44. The molecule has 0 saturated heterocycles. The molecule has 34 heavy (non-hydrogen) atoms. The van der Waals surface area contributed by atoms with Crippen molar-refractivity contribution in [2.75, 3.05) is 0 Å². The molecule has 0 fully saturated rings. The van der Waals surface area contributed by atoms with Gasteiger partial charge in [-0.15, -0.1) is 0 Å². The molecule has 0 aliphatic carbocycles. The van der Waals surface area contributed by atoms with Gasteiger partial charge >= 0.3 is 0 Å². The summed E-state index contributed by atoms with van der Waals surface area (Å²) in [7, 11) is 2.03. The van der Waals surface area contributed by atoms with Crippen LogP contribution in [0.25, 0.3) is 0 Å². The second-order valence-corrected chi connectivity index (χ2v) is 8.77. The Balaban J connectivity index is 0.000000257. The fourth-order valence-corrected chi connectivity index (χ4v) is 5.12. The van der Waals surface area contributed by atoms with Crippen molar-refractivity contribution < 1.29 is 0 Å². The van der Waals surface area contributed by atoms with Gasteiger partial charge in [0.1, 0.15) is 12.0 Å². The first-order valence-corrected chi connectivity index (χ1v) is 12.0. The number of benzene rings is 4. The van der Waals surface area contributed by atoms with E-state index in [1.807, 2.05) is 20.2 Å². The minimum atomic E-state index is -1.22. The minimum Gasteiger partial charge on any atom is -0.338 e. The van der Waals surface area contributed by atoms with Crippen LogP contribution < -0.4 is 21.9 Å². The highest BCUT2D eigenvalue weighted by atomic mass is 15.0. The zero-order chi connectivity index (χ0) is 23.8. The summed E-state index contributed by atoms with van der Waals surface area (Å²) in [6, 6.07) is 43.5. The Morgan fingerprint density at radius 2 is 0.912 bits per heavy atom. The number of aryl methyl sites for hydroxylation is 3. The SMILES string of the molecule is CCc1nc(C)cn1C.c1ccc([B-](c2ccccc2)(c2ccccc2)c2ccccc2)cc1. The molecule has 0 unspecified atom stereocenters. The third kappa shape index (κ3) is 4.74. The third-order valence-electron chi connectivity index (χ3n) is 6.61. The number of imidazole rings is 1. The number of hydrogen-bond acceptors (Lipinski definition) is 1. The quantitative estimate of drug-likeness (QED) is 0.369. The highest BCUT2D eigenvalue weighted by Gasteiger charge is 2.30. The smallest absolute Gasteiger partial charge is 0.108 e. The molecule has 0 bridgehead atoms. The molecule has 0 atom stereocenters. The predicted molar refractivity (Wildman–Crippen MR) is 147 cm³/mol. The lowest BCUT2D eigenvalue weighted by atomic mass is 9.13. The van der Waals surface area contributed by atoms with Crippen LogP contribution in [0.15, 0.2) is 128 Å². The van der Waals surface area contributed by atoms with Crippen molar-refractivity contribution in [3.8, 4) is 0 Å². The molecule has 170 valence electrons. The maximum atomic E-state index is 4.29. The number of rotatable bonds is 5. The van der Waals surface area contributed by atoms with Crippen LogP contribution in [0.5, 0.6) is 0 Å². The average molecular weight is 443 g/mol. The number of hydrogen-bond donors (Lipinski definition) is 0. The third-order valence-corrected chi connectivity index (χ3v) is 6.61. The molecule has 0 N–H and O–H groups in total. The molecular formula is C31H32BN2-. The van der Waals surface area contributed by atoms with E-state index in [1.165, 1.54) is 21.9 Å². The summed E-state index contributed by atoms with van der Waals surface area (Å²) in [6.45, 7) is 4.13. The van der Waals surface area contributed by atoms with Crippen LogP contribution in [0, 0.1) is 6.92 Å². The molecule has 0 radical (unpaired) electrons. The van der Waals surface area contributed by atoms with E-state index in [0.29, 0.717) is 0 Å². The average Bonchev–Trinajstić information content (AvgIpc) is 3.24. The van der Waals surface area contributed by atoms with Gasteiger partial charge in [-0.1, -0.05) is 128 Å². The molecule has 0 saturated carbocycles.